The van der Waals surface area contributed by atoms with Crippen LogP contribution in [-0.4, -0.2) is 35.1 Å². The predicted molar refractivity (Wildman–Crippen MR) is 199 cm³/mol. The number of hydrogen-bond acceptors (Lipinski definition) is 7. The standard InChI is InChI=1S/C39H32N4O4S2/c1-25(36(44)43-39-42-35(24-48-39)30-15-14-27-8-6-7-11-29(27)23-30)49-33-20-16-31(17-21-33)40-38(46)34(22-26-12-18-32(47-2)19-13-26)41-37(45)28-9-4-3-5-10-28/h3-25H,1-2H3,(H,40,46)(H,41,45)(H,42,43,44)/b34-22-. The summed E-state index contributed by atoms with van der Waals surface area (Å²) in [5.74, 6) is -0.378. The first-order valence-electron chi connectivity index (χ1n) is 15.4. The van der Waals surface area contributed by atoms with Gasteiger partial charge in [0.1, 0.15) is 11.4 Å². The topological polar surface area (TPSA) is 109 Å². The van der Waals surface area contributed by atoms with Gasteiger partial charge in [-0.25, -0.2) is 4.98 Å². The molecule has 1 unspecified atom stereocenters. The Balaban J connectivity index is 1.08. The number of nitrogens with zero attached hydrogens (tertiary/aromatic N) is 1. The maximum atomic E-state index is 13.4. The van der Waals surface area contributed by atoms with Crippen LogP contribution in [0.2, 0.25) is 0 Å². The average Bonchev–Trinajstić information content (AvgIpc) is 3.61. The summed E-state index contributed by atoms with van der Waals surface area (Å²) >= 11 is 2.78. The minimum Gasteiger partial charge on any atom is -0.497 e. The van der Waals surface area contributed by atoms with E-state index in [9.17, 15) is 14.4 Å². The molecule has 1 aromatic heterocycles. The minimum atomic E-state index is -0.486. The summed E-state index contributed by atoms with van der Waals surface area (Å²) in [6, 6.07) is 37.4. The van der Waals surface area contributed by atoms with Crippen LogP contribution in [0.3, 0.4) is 0 Å². The molecule has 1 heterocycles. The lowest BCUT2D eigenvalue weighted by Gasteiger charge is -2.13. The number of anilines is 2. The van der Waals surface area contributed by atoms with E-state index < -0.39 is 17.1 Å². The average molecular weight is 685 g/mol. The molecule has 0 radical (unpaired) electrons. The fourth-order valence-corrected chi connectivity index (χ4v) is 6.49. The number of aromatic nitrogens is 1. The highest BCUT2D eigenvalue weighted by Gasteiger charge is 2.18. The first-order chi connectivity index (χ1) is 23.8. The zero-order valence-electron chi connectivity index (χ0n) is 26.7. The SMILES string of the molecule is COc1ccc(/C=C(\NC(=O)c2ccccc2)C(=O)Nc2ccc(SC(C)C(=O)Nc3nc(-c4ccc5ccccc5c4)cs3)cc2)cc1. The highest BCUT2D eigenvalue weighted by atomic mass is 32.2. The van der Waals surface area contributed by atoms with Crippen LogP contribution >= 0.6 is 23.1 Å². The molecule has 5 aromatic carbocycles. The summed E-state index contributed by atoms with van der Waals surface area (Å²) in [5.41, 5.74) is 3.55. The molecule has 3 N–H and O–H groups in total. The molecule has 1 atom stereocenters. The maximum Gasteiger partial charge on any atom is 0.272 e. The third-order valence-electron chi connectivity index (χ3n) is 7.53. The van der Waals surface area contributed by atoms with E-state index in [0.717, 1.165) is 26.9 Å². The number of rotatable bonds is 11. The van der Waals surface area contributed by atoms with Crippen LogP contribution < -0.4 is 20.7 Å². The summed E-state index contributed by atoms with van der Waals surface area (Å²) in [6.45, 7) is 1.83. The van der Waals surface area contributed by atoms with Gasteiger partial charge in [-0.05, 0) is 83.9 Å². The van der Waals surface area contributed by atoms with Crippen LogP contribution in [0.4, 0.5) is 10.8 Å². The summed E-state index contributed by atoms with van der Waals surface area (Å²) in [6.07, 6.45) is 1.60. The van der Waals surface area contributed by atoms with Gasteiger partial charge in [0.05, 0.1) is 18.1 Å². The minimum absolute atomic E-state index is 0.0775. The summed E-state index contributed by atoms with van der Waals surface area (Å²) in [7, 11) is 1.58. The third kappa shape index (κ3) is 8.61. The van der Waals surface area contributed by atoms with Gasteiger partial charge in [-0.3, -0.25) is 14.4 Å². The first-order valence-corrected chi connectivity index (χ1v) is 17.2. The molecule has 0 fully saturated rings. The molecule has 6 rings (SSSR count). The van der Waals surface area contributed by atoms with Crippen LogP contribution in [0.1, 0.15) is 22.8 Å². The Morgan fingerprint density at radius 1 is 0.816 bits per heavy atom. The number of methoxy groups -OCH3 is 1. The number of ether oxygens (including phenoxy) is 1. The van der Waals surface area contributed by atoms with Gasteiger partial charge in [-0.2, -0.15) is 0 Å². The van der Waals surface area contributed by atoms with Gasteiger partial charge in [0.15, 0.2) is 5.13 Å². The Hall–Kier alpha value is -5.71. The number of carbonyl (C=O) groups is 3. The van der Waals surface area contributed by atoms with E-state index in [1.165, 1.54) is 23.1 Å². The lowest BCUT2D eigenvalue weighted by atomic mass is 10.1. The molecule has 0 spiro atoms. The van der Waals surface area contributed by atoms with Crippen molar-refractivity contribution in [1.29, 1.82) is 0 Å². The summed E-state index contributed by atoms with van der Waals surface area (Å²) < 4.78 is 5.23. The van der Waals surface area contributed by atoms with Crippen LogP contribution in [-0.2, 0) is 9.59 Å². The maximum absolute atomic E-state index is 13.4. The fourth-order valence-electron chi connectivity index (χ4n) is 4.90. The zero-order chi connectivity index (χ0) is 34.2. The molecule has 3 amide bonds. The number of nitrogens with one attached hydrogen (secondary N) is 3. The number of thioether (sulfide) groups is 1. The molecule has 0 saturated heterocycles. The molecule has 6 aromatic rings. The van der Waals surface area contributed by atoms with Crippen LogP contribution in [0.5, 0.6) is 5.75 Å². The molecule has 10 heteroatoms. The third-order valence-corrected chi connectivity index (χ3v) is 9.40. The van der Waals surface area contributed by atoms with Gasteiger partial charge in [-0.15, -0.1) is 23.1 Å². The molecule has 0 bridgehead atoms. The second kappa shape index (κ2) is 15.5. The number of carbonyl (C=O) groups excluding carboxylic acids is 3. The second-order valence-corrected chi connectivity index (χ2v) is 13.3. The molecule has 244 valence electrons. The Morgan fingerprint density at radius 3 is 2.27 bits per heavy atom. The van der Waals surface area contributed by atoms with Crippen molar-refractivity contribution in [2.24, 2.45) is 0 Å². The number of amides is 3. The van der Waals surface area contributed by atoms with Gasteiger partial charge in [0, 0.05) is 27.1 Å². The number of fused-ring (bicyclic) bond motifs is 1. The molecule has 0 saturated carbocycles. The quantitative estimate of drug-likeness (QED) is 0.0933. The molecule has 8 nitrogen and oxygen atoms in total. The summed E-state index contributed by atoms with van der Waals surface area (Å²) in [5, 5.41) is 12.9. The number of hydrogen-bond donors (Lipinski definition) is 3. The van der Waals surface area contributed by atoms with Crippen molar-refractivity contribution >= 4 is 68.5 Å². The fraction of sp³-hybridized carbons (Fsp3) is 0.0769. The van der Waals surface area contributed by atoms with E-state index in [-0.39, 0.29) is 11.6 Å². The summed E-state index contributed by atoms with van der Waals surface area (Å²) in [4.78, 5) is 44.9. The lowest BCUT2D eigenvalue weighted by molar-refractivity contribution is -0.115. The van der Waals surface area contributed by atoms with Gasteiger partial charge in [0.25, 0.3) is 11.8 Å². The van der Waals surface area contributed by atoms with Crippen LogP contribution in [0, 0.1) is 0 Å². The van der Waals surface area contributed by atoms with Crippen LogP contribution in [0.15, 0.2) is 137 Å². The molecule has 0 aliphatic heterocycles. The second-order valence-electron chi connectivity index (χ2n) is 11.0. The van der Waals surface area contributed by atoms with E-state index in [1.807, 2.05) is 48.7 Å². The van der Waals surface area contributed by atoms with Crippen LogP contribution in [0.25, 0.3) is 28.1 Å². The number of benzene rings is 5. The smallest absolute Gasteiger partial charge is 0.272 e. The van der Waals surface area contributed by atoms with Crippen molar-refractivity contribution in [2.45, 2.75) is 17.1 Å². The molecule has 49 heavy (non-hydrogen) atoms. The molecular formula is C39H32N4O4S2. The van der Waals surface area contributed by atoms with Crippen molar-refractivity contribution in [1.82, 2.24) is 10.3 Å². The largest absolute Gasteiger partial charge is 0.497 e. The van der Waals surface area contributed by atoms with Crippen molar-refractivity contribution < 1.29 is 19.1 Å². The van der Waals surface area contributed by atoms with Crippen molar-refractivity contribution in [3.8, 4) is 17.0 Å². The zero-order valence-corrected chi connectivity index (χ0v) is 28.3. The molecule has 0 aliphatic rings. The van der Waals surface area contributed by atoms with E-state index in [2.05, 4.69) is 45.2 Å². The highest BCUT2D eigenvalue weighted by Crippen LogP contribution is 2.30. The van der Waals surface area contributed by atoms with E-state index in [0.29, 0.717) is 27.7 Å². The van der Waals surface area contributed by atoms with E-state index in [4.69, 9.17) is 4.74 Å². The molecular weight excluding hydrogens is 653 g/mol. The van der Waals surface area contributed by atoms with E-state index in [1.54, 1.807) is 73.8 Å². The Morgan fingerprint density at radius 2 is 1.53 bits per heavy atom. The first kappa shape index (κ1) is 33.2. The van der Waals surface area contributed by atoms with Gasteiger partial charge in [-0.1, -0.05) is 66.7 Å². The number of thiazole rings is 1. The Labute approximate surface area is 292 Å². The predicted octanol–water partition coefficient (Wildman–Crippen LogP) is 8.50. The Kier molecular flexibility index (Phi) is 10.5. The Bertz CT molecular complexity index is 2130. The van der Waals surface area contributed by atoms with E-state index >= 15 is 0 Å². The van der Waals surface area contributed by atoms with Crippen molar-refractivity contribution in [2.75, 3.05) is 17.7 Å². The highest BCUT2D eigenvalue weighted by molar-refractivity contribution is 8.00. The molecule has 0 aliphatic carbocycles. The van der Waals surface area contributed by atoms with Gasteiger partial charge in [0.2, 0.25) is 5.91 Å². The van der Waals surface area contributed by atoms with Gasteiger partial charge < -0.3 is 20.7 Å². The van der Waals surface area contributed by atoms with Crippen molar-refractivity contribution in [3.63, 3.8) is 0 Å². The normalized spacial score (nSPS) is 11.8. The monoisotopic (exact) mass is 684 g/mol. The lowest BCUT2D eigenvalue weighted by Crippen LogP contribution is -2.30. The van der Waals surface area contributed by atoms with Crippen molar-refractivity contribution in [3.05, 3.63) is 144 Å². The van der Waals surface area contributed by atoms with Gasteiger partial charge >= 0.3 is 0 Å².